The summed E-state index contributed by atoms with van der Waals surface area (Å²) >= 11 is 0. The summed E-state index contributed by atoms with van der Waals surface area (Å²) in [7, 11) is 0. The SMILES string of the molecule is CCOC(=O)C1NC(=O)CC1C1CCC(C)O1. The fourth-order valence-corrected chi connectivity index (χ4v) is 2.63. The number of esters is 1. The van der Waals surface area contributed by atoms with E-state index in [4.69, 9.17) is 9.47 Å². The van der Waals surface area contributed by atoms with Crippen LogP contribution in [0.5, 0.6) is 0 Å². The minimum atomic E-state index is -0.530. The van der Waals surface area contributed by atoms with Gasteiger partial charge in [-0.05, 0) is 26.7 Å². The molecule has 0 bridgehead atoms. The lowest BCUT2D eigenvalue weighted by Crippen LogP contribution is -2.42. The Morgan fingerprint density at radius 1 is 1.53 bits per heavy atom. The van der Waals surface area contributed by atoms with Gasteiger partial charge in [0, 0.05) is 12.3 Å². The van der Waals surface area contributed by atoms with Gasteiger partial charge in [0.25, 0.3) is 0 Å². The molecule has 2 rings (SSSR count). The highest BCUT2D eigenvalue weighted by molar-refractivity contribution is 5.88. The van der Waals surface area contributed by atoms with E-state index in [1.807, 2.05) is 6.92 Å². The lowest BCUT2D eigenvalue weighted by molar-refractivity contribution is -0.148. The molecule has 0 radical (unpaired) electrons. The smallest absolute Gasteiger partial charge is 0.329 e. The molecular weight excluding hydrogens is 222 g/mol. The van der Waals surface area contributed by atoms with Gasteiger partial charge in [0.2, 0.25) is 5.91 Å². The number of nitrogens with one attached hydrogen (secondary N) is 1. The number of hydrogen-bond donors (Lipinski definition) is 1. The first kappa shape index (κ1) is 12.4. The monoisotopic (exact) mass is 241 g/mol. The average Bonchev–Trinajstić information content (AvgIpc) is 2.84. The number of ether oxygens (including phenoxy) is 2. The second-order valence-electron chi connectivity index (χ2n) is 4.73. The third-order valence-electron chi connectivity index (χ3n) is 3.45. The average molecular weight is 241 g/mol. The molecule has 1 amide bonds. The molecule has 5 heteroatoms. The van der Waals surface area contributed by atoms with Gasteiger partial charge in [-0.1, -0.05) is 0 Å². The zero-order chi connectivity index (χ0) is 12.4. The summed E-state index contributed by atoms with van der Waals surface area (Å²) in [6, 6.07) is -0.530. The van der Waals surface area contributed by atoms with E-state index < -0.39 is 6.04 Å². The highest BCUT2D eigenvalue weighted by Gasteiger charge is 2.45. The highest BCUT2D eigenvalue weighted by atomic mass is 16.5. The maximum Gasteiger partial charge on any atom is 0.329 e. The first-order valence-electron chi connectivity index (χ1n) is 6.23. The van der Waals surface area contributed by atoms with Crippen molar-refractivity contribution in [3.63, 3.8) is 0 Å². The van der Waals surface area contributed by atoms with Crippen LogP contribution in [0.4, 0.5) is 0 Å². The number of hydrogen-bond acceptors (Lipinski definition) is 4. The van der Waals surface area contributed by atoms with Crippen LogP contribution in [0.2, 0.25) is 0 Å². The molecule has 2 aliphatic rings. The van der Waals surface area contributed by atoms with Crippen molar-refractivity contribution in [1.82, 2.24) is 5.32 Å². The number of amides is 1. The highest BCUT2D eigenvalue weighted by Crippen LogP contribution is 2.32. The minimum Gasteiger partial charge on any atom is -0.464 e. The van der Waals surface area contributed by atoms with Crippen LogP contribution < -0.4 is 5.32 Å². The van der Waals surface area contributed by atoms with Crippen LogP contribution in [-0.4, -0.2) is 36.7 Å². The van der Waals surface area contributed by atoms with E-state index in [9.17, 15) is 9.59 Å². The van der Waals surface area contributed by atoms with Gasteiger partial charge in [-0.15, -0.1) is 0 Å². The van der Waals surface area contributed by atoms with Gasteiger partial charge in [-0.2, -0.15) is 0 Å². The second kappa shape index (κ2) is 5.04. The number of rotatable bonds is 3. The fourth-order valence-electron chi connectivity index (χ4n) is 2.63. The van der Waals surface area contributed by atoms with Crippen molar-refractivity contribution in [3.8, 4) is 0 Å². The maximum absolute atomic E-state index is 11.7. The molecule has 2 saturated heterocycles. The van der Waals surface area contributed by atoms with Crippen molar-refractivity contribution in [2.75, 3.05) is 6.61 Å². The van der Waals surface area contributed by atoms with Crippen LogP contribution >= 0.6 is 0 Å². The first-order valence-corrected chi connectivity index (χ1v) is 6.23. The van der Waals surface area contributed by atoms with E-state index in [-0.39, 0.29) is 30.0 Å². The first-order chi connectivity index (χ1) is 8.11. The molecule has 2 heterocycles. The van der Waals surface area contributed by atoms with E-state index in [0.29, 0.717) is 13.0 Å². The number of carbonyl (C=O) groups excluding carboxylic acids is 2. The van der Waals surface area contributed by atoms with Crippen molar-refractivity contribution in [2.45, 2.75) is 51.4 Å². The van der Waals surface area contributed by atoms with E-state index in [1.165, 1.54) is 0 Å². The van der Waals surface area contributed by atoms with Gasteiger partial charge >= 0.3 is 5.97 Å². The van der Waals surface area contributed by atoms with Crippen molar-refractivity contribution >= 4 is 11.9 Å². The minimum absolute atomic E-state index is 0.00152. The topological polar surface area (TPSA) is 64.6 Å². The van der Waals surface area contributed by atoms with Crippen molar-refractivity contribution < 1.29 is 19.1 Å². The van der Waals surface area contributed by atoms with Crippen LogP contribution in [0.3, 0.4) is 0 Å². The number of carbonyl (C=O) groups is 2. The predicted octanol–water partition coefficient (Wildman–Crippen LogP) is 0.622. The zero-order valence-electron chi connectivity index (χ0n) is 10.3. The molecule has 4 unspecified atom stereocenters. The van der Waals surface area contributed by atoms with E-state index in [1.54, 1.807) is 6.92 Å². The molecule has 0 aromatic heterocycles. The van der Waals surface area contributed by atoms with Crippen LogP contribution in [0.15, 0.2) is 0 Å². The van der Waals surface area contributed by atoms with Crippen molar-refractivity contribution in [3.05, 3.63) is 0 Å². The van der Waals surface area contributed by atoms with Gasteiger partial charge in [0.1, 0.15) is 6.04 Å². The zero-order valence-corrected chi connectivity index (χ0v) is 10.3. The normalized spacial score (nSPS) is 36.9. The largest absolute Gasteiger partial charge is 0.464 e. The summed E-state index contributed by atoms with van der Waals surface area (Å²) in [4.78, 5) is 23.2. The Hall–Kier alpha value is -1.10. The summed E-state index contributed by atoms with van der Waals surface area (Å²) < 4.78 is 10.7. The maximum atomic E-state index is 11.7. The lowest BCUT2D eigenvalue weighted by atomic mass is 9.92. The second-order valence-corrected chi connectivity index (χ2v) is 4.73. The molecule has 0 aromatic carbocycles. The van der Waals surface area contributed by atoms with Gasteiger partial charge in [0.15, 0.2) is 0 Å². The molecule has 2 fully saturated rings. The molecule has 1 N–H and O–H groups in total. The summed E-state index contributed by atoms with van der Waals surface area (Å²) in [6.07, 6.45) is 2.49. The molecule has 4 atom stereocenters. The summed E-state index contributed by atoms with van der Waals surface area (Å²) in [6.45, 7) is 4.11. The quantitative estimate of drug-likeness (QED) is 0.736. The van der Waals surface area contributed by atoms with Gasteiger partial charge in [-0.25, -0.2) is 4.79 Å². The third kappa shape index (κ3) is 2.60. The van der Waals surface area contributed by atoms with E-state index in [2.05, 4.69) is 5.32 Å². The Morgan fingerprint density at radius 3 is 2.88 bits per heavy atom. The fraction of sp³-hybridized carbons (Fsp3) is 0.833. The molecule has 96 valence electrons. The third-order valence-corrected chi connectivity index (χ3v) is 3.45. The van der Waals surface area contributed by atoms with Crippen molar-refractivity contribution in [2.24, 2.45) is 5.92 Å². The Balaban J connectivity index is 2.03. The predicted molar refractivity (Wildman–Crippen MR) is 60.2 cm³/mol. The van der Waals surface area contributed by atoms with Crippen LogP contribution in [0.1, 0.15) is 33.1 Å². The molecule has 2 aliphatic heterocycles. The standard InChI is InChI=1S/C12H19NO4/c1-3-16-12(15)11-8(6-10(14)13-11)9-5-4-7(2)17-9/h7-9,11H,3-6H2,1-2H3,(H,13,14). The summed E-state index contributed by atoms with van der Waals surface area (Å²) in [5.41, 5.74) is 0. The molecule has 0 spiro atoms. The molecular formula is C12H19NO4. The van der Waals surface area contributed by atoms with E-state index in [0.717, 1.165) is 12.8 Å². The Morgan fingerprint density at radius 2 is 2.29 bits per heavy atom. The molecule has 17 heavy (non-hydrogen) atoms. The van der Waals surface area contributed by atoms with E-state index >= 15 is 0 Å². The van der Waals surface area contributed by atoms with Crippen LogP contribution in [0.25, 0.3) is 0 Å². The molecule has 5 nitrogen and oxygen atoms in total. The van der Waals surface area contributed by atoms with Crippen LogP contribution in [0, 0.1) is 5.92 Å². The van der Waals surface area contributed by atoms with Gasteiger partial charge in [0.05, 0.1) is 18.8 Å². The summed E-state index contributed by atoms with van der Waals surface area (Å²) in [5.74, 6) is -0.505. The Bertz CT molecular complexity index is 318. The van der Waals surface area contributed by atoms with Crippen molar-refractivity contribution in [1.29, 1.82) is 0 Å². The molecule has 0 aromatic rings. The Kier molecular flexibility index (Phi) is 3.66. The molecule has 0 saturated carbocycles. The lowest BCUT2D eigenvalue weighted by Gasteiger charge is -2.22. The Labute approximate surface area is 101 Å². The molecule has 0 aliphatic carbocycles. The van der Waals surface area contributed by atoms with Gasteiger partial charge < -0.3 is 14.8 Å². The summed E-state index contributed by atoms with van der Waals surface area (Å²) in [5, 5.41) is 2.69. The van der Waals surface area contributed by atoms with Gasteiger partial charge in [-0.3, -0.25) is 4.79 Å². The van der Waals surface area contributed by atoms with Crippen LogP contribution in [-0.2, 0) is 19.1 Å².